The van der Waals surface area contributed by atoms with Crippen LogP contribution in [0.4, 0.5) is 14.6 Å². The first kappa shape index (κ1) is 20.4. The number of alkyl halides is 2. The summed E-state index contributed by atoms with van der Waals surface area (Å²) < 4.78 is 37.8. The molecule has 0 amide bonds. The van der Waals surface area contributed by atoms with Gasteiger partial charge in [-0.3, -0.25) is 9.58 Å². The number of pyridine rings is 1. The molecule has 32 heavy (non-hydrogen) atoms. The van der Waals surface area contributed by atoms with Crippen LogP contribution in [-0.2, 0) is 4.74 Å². The standard InChI is InChI=1S/C23H29F2N5O2/c1-11(2)30-19(7-18(28-30)12-3-20(32-23(24)25)22(26)27-8-12)21-16-5-13(6-17(16)21)29-9-15-4-14(29)10-31-15/h3,7-8,11,13-17,21,23H,4-6,9-10H2,1-2H3,(H2,26,27). The minimum Gasteiger partial charge on any atom is -0.431 e. The van der Waals surface area contributed by atoms with Crippen molar-refractivity contribution in [3.8, 4) is 17.0 Å². The largest absolute Gasteiger partial charge is 0.431 e. The molecule has 2 saturated carbocycles. The van der Waals surface area contributed by atoms with Gasteiger partial charge in [0.15, 0.2) is 11.6 Å². The second-order valence-electron chi connectivity index (χ2n) is 10.00. The van der Waals surface area contributed by atoms with E-state index in [1.807, 2.05) is 0 Å². The first-order valence-electron chi connectivity index (χ1n) is 11.6. The van der Waals surface area contributed by atoms with Gasteiger partial charge in [0.2, 0.25) is 0 Å². The molecule has 4 fully saturated rings. The molecule has 4 aliphatic rings. The molecule has 6 rings (SSSR count). The van der Waals surface area contributed by atoms with Crippen molar-refractivity contribution in [2.45, 2.75) is 69.9 Å². The normalized spacial score (nSPS) is 33.4. The van der Waals surface area contributed by atoms with Gasteiger partial charge >= 0.3 is 6.61 Å². The minimum atomic E-state index is -2.95. The first-order valence-corrected chi connectivity index (χ1v) is 11.6. The lowest BCUT2D eigenvalue weighted by atomic mass is 10.0. The third-order valence-corrected chi connectivity index (χ3v) is 7.82. The van der Waals surface area contributed by atoms with Crippen molar-refractivity contribution in [1.82, 2.24) is 19.7 Å². The Morgan fingerprint density at radius 1 is 1.16 bits per heavy atom. The summed E-state index contributed by atoms with van der Waals surface area (Å²) >= 11 is 0. The van der Waals surface area contributed by atoms with Crippen LogP contribution in [0.15, 0.2) is 18.3 Å². The summed E-state index contributed by atoms with van der Waals surface area (Å²) in [7, 11) is 0. The Kier molecular flexibility index (Phi) is 4.69. The number of nitrogen functional groups attached to an aromatic ring is 1. The highest BCUT2D eigenvalue weighted by Gasteiger charge is 2.60. The molecule has 172 valence electrons. The van der Waals surface area contributed by atoms with Gasteiger partial charge in [-0.2, -0.15) is 13.9 Å². The van der Waals surface area contributed by atoms with Crippen molar-refractivity contribution in [3.63, 3.8) is 0 Å². The lowest BCUT2D eigenvalue weighted by Crippen LogP contribution is -2.43. The summed E-state index contributed by atoms with van der Waals surface area (Å²) in [5, 5.41) is 4.81. The average Bonchev–Trinajstić information content (AvgIpc) is 3.33. The Labute approximate surface area is 185 Å². The summed E-state index contributed by atoms with van der Waals surface area (Å²) in [4.78, 5) is 6.74. The SMILES string of the molecule is CC(C)n1nc(-c2cnc(N)c(OC(F)F)c2)cc1C1C2CC(N3CC4CC3CO4)CC21. The smallest absolute Gasteiger partial charge is 0.387 e. The van der Waals surface area contributed by atoms with Gasteiger partial charge in [-0.25, -0.2) is 4.98 Å². The second-order valence-corrected chi connectivity index (χ2v) is 10.00. The molecule has 2 aromatic heterocycles. The van der Waals surface area contributed by atoms with Gasteiger partial charge in [-0.15, -0.1) is 0 Å². The Balaban J connectivity index is 1.22. The average molecular weight is 446 g/mol. The number of aromatic nitrogens is 3. The fraction of sp³-hybridized carbons (Fsp3) is 0.652. The van der Waals surface area contributed by atoms with Crippen molar-refractivity contribution < 1.29 is 18.3 Å². The summed E-state index contributed by atoms with van der Waals surface area (Å²) in [6.45, 7) is 3.29. The number of morpholine rings is 1. The number of fused-ring (bicyclic) bond motifs is 3. The van der Waals surface area contributed by atoms with Gasteiger partial charge in [-0.05, 0) is 57.1 Å². The molecule has 2 aliphatic heterocycles. The van der Waals surface area contributed by atoms with Crippen LogP contribution < -0.4 is 10.5 Å². The predicted molar refractivity (Wildman–Crippen MR) is 114 cm³/mol. The lowest BCUT2D eigenvalue weighted by Gasteiger charge is -2.33. The Bertz CT molecular complexity index is 1020. The number of rotatable bonds is 6. The minimum absolute atomic E-state index is 0.0543. The number of hydrogen-bond acceptors (Lipinski definition) is 6. The third-order valence-electron chi connectivity index (χ3n) is 7.82. The molecule has 2 saturated heterocycles. The fourth-order valence-electron chi connectivity index (χ4n) is 6.40. The van der Waals surface area contributed by atoms with E-state index in [0.717, 1.165) is 18.8 Å². The number of likely N-dealkylation sites (tertiary alicyclic amines) is 1. The fourth-order valence-corrected chi connectivity index (χ4v) is 6.40. The van der Waals surface area contributed by atoms with Gasteiger partial charge in [-0.1, -0.05) is 0 Å². The molecular weight excluding hydrogens is 416 g/mol. The highest BCUT2D eigenvalue weighted by Crippen LogP contribution is 2.64. The quantitative estimate of drug-likeness (QED) is 0.731. The molecule has 2 N–H and O–H groups in total. The molecule has 0 spiro atoms. The van der Waals surface area contributed by atoms with Crippen molar-refractivity contribution in [3.05, 3.63) is 24.0 Å². The van der Waals surface area contributed by atoms with E-state index in [9.17, 15) is 8.78 Å². The molecule has 0 radical (unpaired) electrons. The summed E-state index contributed by atoms with van der Waals surface area (Å²) in [6, 6.07) is 5.12. The molecule has 2 aliphatic carbocycles. The number of anilines is 1. The van der Waals surface area contributed by atoms with Crippen LogP contribution in [-0.4, -0.2) is 57.6 Å². The molecular formula is C23H29F2N5O2. The van der Waals surface area contributed by atoms with Crippen molar-refractivity contribution in [2.24, 2.45) is 11.8 Å². The molecule has 4 unspecified atom stereocenters. The maximum absolute atomic E-state index is 12.7. The molecule has 0 aromatic carbocycles. The monoisotopic (exact) mass is 445 g/mol. The van der Waals surface area contributed by atoms with Crippen LogP contribution in [0.5, 0.6) is 5.75 Å². The number of halogens is 2. The molecule has 4 atom stereocenters. The zero-order chi connectivity index (χ0) is 22.1. The summed E-state index contributed by atoms with van der Waals surface area (Å²) in [5.41, 5.74) is 8.29. The van der Waals surface area contributed by atoms with Gasteiger partial charge in [0.1, 0.15) is 0 Å². The zero-order valence-electron chi connectivity index (χ0n) is 18.3. The second kappa shape index (κ2) is 7.38. The topological polar surface area (TPSA) is 78.4 Å². The highest BCUT2D eigenvalue weighted by atomic mass is 19.3. The zero-order valence-corrected chi connectivity index (χ0v) is 18.3. The van der Waals surface area contributed by atoms with Crippen molar-refractivity contribution in [2.75, 3.05) is 18.9 Å². The summed E-state index contributed by atoms with van der Waals surface area (Å²) in [6.07, 6.45) is 5.70. The van der Waals surface area contributed by atoms with Crippen LogP contribution in [0.2, 0.25) is 0 Å². The number of nitrogens with two attached hydrogens (primary N) is 1. The van der Waals surface area contributed by atoms with Crippen LogP contribution in [0.1, 0.15) is 50.8 Å². The van der Waals surface area contributed by atoms with E-state index < -0.39 is 6.61 Å². The van der Waals surface area contributed by atoms with E-state index in [-0.39, 0.29) is 17.6 Å². The molecule has 2 aromatic rings. The maximum Gasteiger partial charge on any atom is 0.387 e. The van der Waals surface area contributed by atoms with Gasteiger partial charge in [0.05, 0.1) is 18.4 Å². The molecule has 7 nitrogen and oxygen atoms in total. The maximum atomic E-state index is 12.7. The van der Waals surface area contributed by atoms with E-state index in [4.69, 9.17) is 15.6 Å². The Hall–Kier alpha value is -2.26. The number of nitrogens with zero attached hydrogens (tertiary/aromatic N) is 4. The van der Waals surface area contributed by atoms with E-state index in [1.165, 1.54) is 31.0 Å². The van der Waals surface area contributed by atoms with Crippen molar-refractivity contribution >= 4 is 5.82 Å². The van der Waals surface area contributed by atoms with E-state index in [1.54, 1.807) is 6.20 Å². The van der Waals surface area contributed by atoms with Gasteiger partial charge < -0.3 is 15.2 Å². The van der Waals surface area contributed by atoms with Crippen LogP contribution >= 0.6 is 0 Å². The first-order chi connectivity index (χ1) is 15.4. The van der Waals surface area contributed by atoms with Gasteiger partial charge in [0, 0.05) is 48.0 Å². The van der Waals surface area contributed by atoms with E-state index in [2.05, 4.69) is 39.2 Å². The van der Waals surface area contributed by atoms with Crippen LogP contribution in [0, 0.1) is 11.8 Å². The number of hydrogen-bond donors (Lipinski definition) is 1. The molecule has 2 bridgehead atoms. The van der Waals surface area contributed by atoms with Crippen LogP contribution in [0.25, 0.3) is 11.3 Å². The summed E-state index contributed by atoms with van der Waals surface area (Å²) in [5.74, 6) is 1.74. The van der Waals surface area contributed by atoms with Crippen LogP contribution in [0.3, 0.4) is 0 Å². The third kappa shape index (κ3) is 3.28. The van der Waals surface area contributed by atoms with Crippen molar-refractivity contribution in [1.29, 1.82) is 0 Å². The van der Waals surface area contributed by atoms with Gasteiger partial charge in [0.25, 0.3) is 0 Å². The van der Waals surface area contributed by atoms with E-state index >= 15 is 0 Å². The molecule has 4 heterocycles. The predicted octanol–water partition coefficient (Wildman–Crippen LogP) is 3.67. The number of ether oxygens (including phenoxy) is 2. The Morgan fingerprint density at radius 2 is 1.94 bits per heavy atom. The van der Waals surface area contributed by atoms with E-state index in [0.29, 0.717) is 41.5 Å². The molecule has 9 heteroatoms. The highest BCUT2D eigenvalue weighted by molar-refractivity contribution is 5.64. The lowest BCUT2D eigenvalue weighted by molar-refractivity contribution is -0.0494. The Morgan fingerprint density at radius 3 is 2.56 bits per heavy atom.